The molecule has 1 heterocycles. The van der Waals surface area contributed by atoms with Gasteiger partial charge in [-0.1, -0.05) is 0 Å². The van der Waals surface area contributed by atoms with Crippen molar-refractivity contribution in [1.82, 2.24) is 15.1 Å². The standard InChI is InChI=1S/C9H14F3N3/c1-5-7(6(2)14-13-5)8(15(3)4)9(10,11)12/h8H,1-4H3,(H,13,14). The lowest BCUT2D eigenvalue weighted by atomic mass is 10.0. The summed E-state index contributed by atoms with van der Waals surface area (Å²) in [6, 6.07) is -1.60. The number of rotatable bonds is 2. The molecule has 0 aliphatic carbocycles. The minimum Gasteiger partial charge on any atom is -0.295 e. The Morgan fingerprint density at radius 2 is 1.80 bits per heavy atom. The van der Waals surface area contributed by atoms with Gasteiger partial charge >= 0.3 is 6.18 Å². The molecule has 0 bridgehead atoms. The van der Waals surface area contributed by atoms with Crippen molar-refractivity contribution in [1.29, 1.82) is 0 Å². The first-order valence-corrected chi connectivity index (χ1v) is 4.49. The predicted molar refractivity (Wildman–Crippen MR) is 50.5 cm³/mol. The molecule has 1 atom stereocenters. The molecule has 0 aliphatic rings. The maximum Gasteiger partial charge on any atom is 0.408 e. The van der Waals surface area contributed by atoms with Crippen LogP contribution in [-0.4, -0.2) is 35.4 Å². The van der Waals surface area contributed by atoms with Crippen LogP contribution in [0.1, 0.15) is 23.0 Å². The van der Waals surface area contributed by atoms with Crippen molar-refractivity contribution in [3.8, 4) is 0 Å². The summed E-state index contributed by atoms with van der Waals surface area (Å²) in [5.41, 5.74) is 1.07. The minimum absolute atomic E-state index is 0.215. The first kappa shape index (κ1) is 12.0. The Balaban J connectivity index is 3.22. The maximum absolute atomic E-state index is 12.8. The molecule has 1 unspecified atom stereocenters. The van der Waals surface area contributed by atoms with Crippen LogP contribution >= 0.6 is 0 Å². The smallest absolute Gasteiger partial charge is 0.295 e. The summed E-state index contributed by atoms with van der Waals surface area (Å²) in [5.74, 6) is 0. The first-order chi connectivity index (χ1) is 6.75. The van der Waals surface area contributed by atoms with Crippen LogP contribution < -0.4 is 0 Å². The zero-order valence-corrected chi connectivity index (χ0v) is 9.11. The number of halogens is 3. The van der Waals surface area contributed by atoms with Gasteiger partial charge < -0.3 is 0 Å². The van der Waals surface area contributed by atoms with E-state index in [1.807, 2.05) is 0 Å². The van der Waals surface area contributed by atoms with E-state index in [-0.39, 0.29) is 5.56 Å². The topological polar surface area (TPSA) is 31.9 Å². The summed E-state index contributed by atoms with van der Waals surface area (Å²) in [6.07, 6.45) is -4.29. The monoisotopic (exact) mass is 221 g/mol. The van der Waals surface area contributed by atoms with E-state index < -0.39 is 12.2 Å². The van der Waals surface area contributed by atoms with Gasteiger partial charge in [-0.25, -0.2) is 0 Å². The van der Waals surface area contributed by atoms with Gasteiger partial charge in [-0.05, 0) is 27.9 Å². The van der Waals surface area contributed by atoms with Crippen LogP contribution in [0.5, 0.6) is 0 Å². The van der Waals surface area contributed by atoms with Crippen molar-refractivity contribution in [3.63, 3.8) is 0 Å². The molecular weight excluding hydrogens is 207 g/mol. The molecular formula is C9H14F3N3. The van der Waals surface area contributed by atoms with Crippen LogP contribution in [0.3, 0.4) is 0 Å². The molecule has 0 aromatic carbocycles. The molecule has 0 amide bonds. The molecule has 6 heteroatoms. The molecule has 0 aliphatic heterocycles. The maximum atomic E-state index is 12.8. The molecule has 0 saturated heterocycles. The van der Waals surface area contributed by atoms with Crippen LogP contribution in [0.25, 0.3) is 0 Å². The summed E-state index contributed by atoms with van der Waals surface area (Å²) in [7, 11) is 2.81. The number of H-pyrrole nitrogens is 1. The second-order valence-electron chi connectivity index (χ2n) is 3.76. The van der Waals surface area contributed by atoms with E-state index >= 15 is 0 Å². The largest absolute Gasteiger partial charge is 0.408 e. The van der Waals surface area contributed by atoms with Crippen molar-refractivity contribution in [2.24, 2.45) is 0 Å². The lowest BCUT2D eigenvalue weighted by Crippen LogP contribution is -2.34. The molecule has 0 spiro atoms. The zero-order chi connectivity index (χ0) is 11.8. The average Bonchev–Trinajstić information content (AvgIpc) is 2.32. The van der Waals surface area contributed by atoms with Crippen molar-refractivity contribution in [2.75, 3.05) is 14.1 Å². The molecule has 1 N–H and O–H groups in total. The van der Waals surface area contributed by atoms with Gasteiger partial charge in [0, 0.05) is 11.3 Å². The van der Waals surface area contributed by atoms with Gasteiger partial charge in [0.2, 0.25) is 0 Å². The summed E-state index contributed by atoms with van der Waals surface area (Å²) >= 11 is 0. The molecule has 1 rings (SSSR count). The molecule has 0 fully saturated rings. The molecule has 1 aromatic heterocycles. The normalized spacial score (nSPS) is 14.7. The van der Waals surface area contributed by atoms with Gasteiger partial charge in [-0.2, -0.15) is 18.3 Å². The Labute approximate surface area is 86.3 Å². The van der Waals surface area contributed by atoms with E-state index in [1.54, 1.807) is 13.8 Å². The Hall–Kier alpha value is -1.04. The lowest BCUT2D eigenvalue weighted by Gasteiger charge is -2.27. The number of nitrogens with one attached hydrogen (secondary N) is 1. The Morgan fingerprint density at radius 3 is 2.07 bits per heavy atom. The second kappa shape index (κ2) is 3.84. The third-order valence-electron chi connectivity index (χ3n) is 2.28. The summed E-state index contributed by atoms with van der Waals surface area (Å²) in [4.78, 5) is 1.14. The highest BCUT2D eigenvalue weighted by Gasteiger charge is 2.44. The highest BCUT2D eigenvalue weighted by Crippen LogP contribution is 2.38. The number of alkyl halides is 3. The second-order valence-corrected chi connectivity index (χ2v) is 3.76. The number of aryl methyl sites for hydroxylation is 2. The number of nitrogens with zero attached hydrogens (tertiary/aromatic N) is 2. The van der Waals surface area contributed by atoms with Crippen molar-refractivity contribution >= 4 is 0 Å². The van der Waals surface area contributed by atoms with E-state index in [0.717, 1.165) is 4.90 Å². The van der Waals surface area contributed by atoms with Gasteiger partial charge in [0.05, 0.1) is 5.69 Å². The Bertz CT molecular complexity index is 321. The SMILES string of the molecule is Cc1n[nH]c(C)c1C(N(C)C)C(F)(F)F. The summed E-state index contributed by atoms with van der Waals surface area (Å²) in [6.45, 7) is 3.17. The zero-order valence-electron chi connectivity index (χ0n) is 9.11. The number of aromatic amines is 1. The molecule has 3 nitrogen and oxygen atoms in total. The van der Waals surface area contributed by atoms with Gasteiger partial charge in [0.25, 0.3) is 0 Å². The molecule has 86 valence electrons. The van der Waals surface area contributed by atoms with Crippen LogP contribution in [0, 0.1) is 13.8 Å². The summed E-state index contributed by atoms with van der Waals surface area (Å²) < 4.78 is 38.4. The van der Waals surface area contributed by atoms with E-state index in [0.29, 0.717) is 11.4 Å². The molecule has 15 heavy (non-hydrogen) atoms. The van der Waals surface area contributed by atoms with Crippen molar-refractivity contribution in [2.45, 2.75) is 26.1 Å². The quantitative estimate of drug-likeness (QED) is 0.830. The third-order valence-corrected chi connectivity index (χ3v) is 2.28. The molecule has 0 saturated carbocycles. The van der Waals surface area contributed by atoms with Crippen LogP contribution in [-0.2, 0) is 0 Å². The number of aromatic nitrogens is 2. The highest BCUT2D eigenvalue weighted by molar-refractivity contribution is 5.28. The fourth-order valence-electron chi connectivity index (χ4n) is 1.68. The Morgan fingerprint density at radius 1 is 1.27 bits per heavy atom. The van der Waals surface area contributed by atoms with Crippen molar-refractivity contribution in [3.05, 3.63) is 17.0 Å². The predicted octanol–water partition coefficient (Wildman–Crippen LogP) is 2.19. The fourth-order valence-corrected chi connectivity index (χ4v) is 1.68. The van der Waals surface area contributed by atoms with Crippen molar-refractivity contribution < 1.29 is 13.2 Å². The van der Waals surface area contributed by atoms with E-state index in [9.17, 15) is 13.2 Å². The minimum atomic E-state index is -4.29. The van der Waals surface area contributed by atoms with E-state index in [4.69, 9.17) is 0 Å². The summed E-state index contributed by atoms with van der Waals surface area (Å²) in [5, 5.41) is 6.35. The molecule has 1 aromatic rings. The van der Waals surface area contributed by atoms with Gasteiger partial charge in [-0.15, -0.1) is 0 Å². The van der Waals surface area contributed by atoms with Crippen LogP contribution in [0.2, 0.25) is 0 Å². The molecule has 0 radical (unpaired) electrons. The number of hydrogen-bond donors (Lipinski definition) is 1. The number of hydrogen-bond acceptors (Lipinski definition) is 2. The van der Waals surface area contributed by atoms with E-state index in [2.05, 4.69) is 10.2 Å². The van der Waals surface area contributed by atoms with Gasteiger partial charge in [0.15, 0.2) is 0 Å². The average molecular weight is 221 g/mol. The third kappa shape index (κ3) is 2.31. The first-order valence-electron chi connectivity index (χ1n) is 4.49. The van der Waals surface area contributed by atoms with E-state index in [1.165, 1.54) is 14.1 Å². The Kier molecular flexibility index (Phi) is 3.08. The fraction of sp³-hybridized carbons (Fsp3) is 0.667. The van der Waals surface area contributed by atoms with Gasteiger partial charge in [0.1, 0.15) is 6.04 Å². The van der Waals surface area contributed by atoms with Gasteiger partial charge in [-0.3, -0.25) is 10.00 Å². The highest BCUT2D eigenvalue weighted by atomic mass is 19.4. The lowest BCUT2D eigenvalue weighted by molar-refractivity contribution is -0.179. The van der Waals surface area contributed by atoms with Crippen LogP contribution in [0.4, 0.5) is 13.2 Å². The van der Waals surface area contributed by atoms with Crippen LogP contribution in [0.15, 0.2) is 0 Å².